The second-order valence-electron chi connectivity index (χ2n) is 6.96. The number of ether oxygens (including phenoxy) is 1. The molecule has 1 aliphatic heterocycles. The molecule has 2 amide bonds. The molecule has 1 fully saturated rings. The van der Waals surface area contributed by atoms with Gasteiger partial charge in [-0.1, -0.05) is 30.3 Å². The average Bonchev–Trinajstić information content (AvgIpc) is 3.30. The zero-order valence-corrected chi connectivity index (χ0v) is 15.9. The summed E-state index contributed by atoms with van der Waals surface area (Å²) in [4.78, 5) is 27.0. The number of benzene rings is 2. The van der Waals surface area contributed by atoms with Crippen LogP contribution >= 0.6 is 0 Å². The van der Waals surface area contributed by atoms with E-state index in [1.54, 1.807) is 23.1 Å². The highest BCUT2D eigenvalue weighted by molar-refractivity contribution is 5.97. The molecule has 0 atom stereocenters. The summed E-state index contributed by atoms with van der Waals surface area (Å²) in [5, 5.41) is 3.08. The van der Waals surface area contributed by atoms with E-state index in [0.717, 1.165) is 0 Å². The Hall–Kier alpha value is -3.54. The lowest BCUT2D eigenvalue weighted by Crippen LogP contribution is -2.46. The molecule has 2 aromatic carbocycles. The van der Waals surface area contributed by atoms with Gasteiger partial charge in [0, 0.05) is 19.1 Å². The number of furan rings is 1. The summed E-state index contributed by atoms with van der Waals surface area (Å²) in [6.07, 6.45) is 4.36. The molecule has 0 bridgehead atoms. The molecule has 0 unspecified atom stereocenters. The zero-order valence-electron chi connectivity index (χ0n) is 15.9. The first-order valence-electron chi connectivity index (χ1n) is 9.65. The molecule has 0 radical (unpaired) electrons. The highest BCUT2D eigenvalue weighted by Gasteiger charge is 2.26. The molecular weight excluding hydrogens is 368 g/mol. The number of nitrogens with one attached hydrogen (secondary N) is 1. The van der Waals surface area contributed by atoms with Crippen molar-refractivity contribution in [3.05, 3.63) is 84.3 Å². The first kappa shape index (κ1) is 18.8. The molecule has 6 heteroatoms. The van der Waals surface area contributed by atoms with E-state index in [0.29, 0.717) is 48.6 Å². The van der Waals surface area contributed by atoms with Gasteiger partial charge in [-0.25, -0.2) is 0 Å². The minimum atomic E-state index is -0.170. The van der Waals surface area contributed by atoms with E-state index in [1.165, 1.54) is 12.5 Å². The van der Waals surface area contributed by atoms with E-state index in [2.05, 4.69) is 5.32 Å². The van der Waals surface area contributed by atoms with Gasteiger partial charge in [0.25, 0.3) is 11.8 Å². The predicted molar refractivity (Wildman–Crippen MR) is 108 cm³/mol. The van der Waals surface area contributed by atoms with Gasteiger partial charge in [0.2, 0.25) is 0 Å². The summed E-state index contributed by atoms with van der Waals surface area (Å²) in [7, 11) is 0. The van der Waals surface area contributed by atoms with Crippen LogP contribution in [-0.4, -0.2) is 35.8 Å². The molecule has 1 saturated heterocycles. The summed E-state index contributed by atoms with van der Waals surface area (Å²) in [5.41, 5.74) is 1.05. The normalized spacial score (nSPS) is 14.4. The van der Waals surface area contributed by atoms with Gasteiger partial charge in [0.15, 0.2) is 0 Å². The third-order valence-corrected chi connectivity index (χ3v) is 4.99. The molecule has 3 aromatic rings. The fourth-order valence-corrected chi connectivity index (χ4v) is 3.42. The van der Waals surface area contributed by atoms with Crippen LogP contribution in [0.15, 0.2) is 77.6 Å². The molecule has 0 aliphatic carbocycles. The topological polar surface area (TPSA) is 71.8 Å². The van der Waals surface area contributed by atoms with Crippen molar-refractivity contribution in [2.75, 3.05) is 13.1 Å². The first-order valence-corrected chi connectivity index (χ1v) is 9.65. The summed E-state index contributed by atoms with van der Waals surface area (Å²) in [5.74, 6) is 0.990. The number of likely N-dealkylation sites (tertiary alicyclic amines) is 1. The van der Waals surface area contributed by atoms with Gasteiger partial charge in [0.1, 0.15) is 17.8 Å². The molecule has 6 nitrogen and oxygen atoms in total. The lowest BCUT2D eigenvalue weighted by molar-refractivity contribution is 0.0697. The minimum Gasteiger partial charge on any atom is -0.472 e. The molecule has 148 valence electrons. The smallest absolute Gasteiger partial charge is 0.257 e. The van der Waals surface area contributed by atoms with Crippen LogP contribution in [0, 0.1) is 0 Å². The van der Waals surface area contributed by atoms with Crippen molar-refractivity contribution in [2.45, 2.75) is 18.9 Å². The first-order chi connectivity index (χ1) is 14.2. The lowest BCUT2D eigenvalue weighted by atomic mass is 10.0. The van der Waals surface area contributed by atoms with E-state index in [9.17, 15) is 9.59 Å². The number of carbonyl (C=O) groups is 2. The Morgan fingerprint density at radius 3 is 2.41 bits per heavy atom. The number of carbonyl (C=O) groups excluding carboxylic acids is 2. The Bertz CT molecular complexity index is 962. The molecule has 4 rings (SSSR count). The third kappa shape index (κ3) is 4.48. The maximum Gasteiger partial charge on any atom is 0.257 e. The predicted octanol–water partition coefficient (Wildman–Crippen LogP) is 4.11. The maximum absolute atomic E-state index is 12.8. The fraction of sp³-hybridized carbons (Fsp3) is 0.217. The lowest BCUT2D eigenvalue weighted by Gasteiger charge is -2.32. The highest BCUT2D eigenvalue weighted by atomic mass is 16.5. The Labute approximate surface area is 169 Å². The highest BCUT2D eigenvalue weighted by Crippen LogP contribution is 2.25. The van der Waals surface area contributed by atoms with Gasteiger partial charge in [-0.15, -0.1) is 0 Å². The van der Waals surface area contributed by atoms with Crippen LogP contribution in [0.5, 0.6) is 11.5 Å². The molecule has 2 heterocycles. The molecule has 0 saturated carbocycles. The van der Waals surface area contributed by atoms with Gasteiger partial charge in [-0.05, 0) is 43.2 Å². The number of amides is 2. The summed E-state index contributed by atoms with van der Waals surface area (Å²) in [6, 6.07) is 18.3. The molecule has 29 heavy (non-hydrogen) atoms. The Morgan fingerprint density at radius 1 is 0.966 bits per heavy atom. The van der Waals surface area contributed by atoms with Crippen LogP contribution in [0.4, 0.5) is 0 Å². The van der Waals surface area contributed by atoms with E-state index in [4.69, 9.17) is 9.15 Å². The van der Waals surface area contributed by atoms with E-state index >= 15 is 0 Å². The minimum absolute atomic E-state index is 0.0145. The van der Waals surface area contributed by atoms with Crippen molar-refractivity contribution in [1.29, 1.82) is 0 Å². The van der Waals surface area contributed by atoms with Gasteiger partial charge in [-0.2, -0.15) is 0 Å². The van der Waals surface area contributed by atoms with E-state index in [1.807, 2.05) is 42.5 Å². The van der Waals surface area contributed by atoms with Crippen molar-refractivity contribution in [2.24, 2.45) is 0 Å². The van der Waals surface area contributed by atoms with Crippen LogP contribution in [0.3, 0.4) is 0 Å². The number of piperidine rings is 1. The summed E-state index contributed by atoms with van der Waals surface area (Å²) >= 11 is 0. The van der Waals surface area contributed by atoms with Crippen molar-refractivity contribution < 1.29 is 18.7 Å². The Morgan fingerprint density at radius 2 is 1.69 bits per heavy atom. The van der Waals surface area contributed by atoms with Crippen LogP contribution < -0.4 is 10.1 Å². The van der Waals surface area contributed by atoms with E-state index < -0.39 is 0 Å². The SMILES string of the molecule is O=C(NC1CCN(C(=O)c2ccoc2)CC1)c1ccccc1Oc1ccccc1. The molecule has 1 N–H and O–H groups in total. The summed E-state index contributed by atoms with van der Waals surface area (Å²) < 4.78 is 10.9. The summed E-state index contributed by atoms with van der Waals surface area (Å²) in [6.45, 7) is 1.19. The van der Waals surface area contributed by atoms with Crippen molar-refractivity contribution >= 4 is 11.8 Å². The van der Waals surface area contributed by atoms with Crippen LogP contribution in [-0.2, 0) is 0 Å². The molecular formula is C23H22N2O4. The third-order valence-electron chi connectivity index (χ3n) is 4.99. The maximum atomic E-state index is 12.8. The molecule has 0 spiro atoms. The van der Waals surface area contributed by atoms with Gasteiger partial charge >= 0.3 is 0 Å². The second-order valence-corrected chi connectivity index (χ2v) is 6.96. The van der Waals surface area contributed by atoms with Crippen molar-refractivity contribution in [3.8, 4) is 11.5 Å². The van der Waals surface area contributed by atoms with Gasteiger partial charge in [0.05, 0.1) is 17.4 Å². The number of nitrogens with zero attached hydrogens (tertiary/aromatic N) is 1. The molecule has 1 aromatic heterocycles. The van der Waals surface area contributed by atoms with Gasteiger partial charge < -0.3 is 19.4 Å². The number of hydrogen-bond donors (Lipinski definition) is 1. The number of para-hydroxylation sites is 2. The van der Waals surface area contributed by atoms with Crippen LogP contribution in [0.1, 0.15) is 33.6 Å². The van der Waals surface area contributed by atoms with Crippen molar-refractivity contribution in [1.82, 2.24) is 10.2 Å². The monoisotopic (exact) mass is 390 g/mol. The van der Waals surface area contributed by atoms with Gasteiger partial charge in [-0.3, -0.25) is 9.59 Å². The zero-order chi connectivity index (χ0) is 20.1. The van der Waals surface area contributed by atoms with Crippen LogP contribution in [0.25, 0.3) is 0 Å². The number of rotatable bonds is 5. The standard InChI is InChI=1S/C23H22N2O4/c26-22(20-8-4-5-9-21(20)29-19-6-2-1-3-7-19)24-18-10-13-25(14-11-18)23(27)17-12-15-28-16-17/h1-9,12,15-16,18H,10-11,13-14H2,(H,24,26). The Balaban J connectivity index is 1.36. The number of hydrogen-bond acceptors (Lipinski definition) is 4. The fourth-order valence-electron chi connectivity index (χ4n) is 3.42. The Kier molecular flexibility index (Phi) is 5.61. The van der Waals surface area contributed by atoms with Crippen molar-refractivity contribution in [3.63, 3.8) is 0 Å². The van der Waals surface area contributed by atoms with Crippen LogP contribution in [0.2, 0.25) is 0 Å². The largest absolute Gasteiger partial charge is 0.472 e. The quantitative estimate of drug-likeness (QED) is 0.712. The second kappa shape index (κ2) is 8.65. The molecule has 1 aliphatic rings. The average molecular weight is 390 g/mol. The van der Waals surface area contributed by atoms with E-state index in [-0.39, 0.29) is 17.9 Å².